The van der Waals surface area contributed by atoms with Gasteiger partial charge in [0, 0.05) is 32.6 Å². The summed E-state index contributed by atoms with van der Waals surface area (Å²) in [7, 11) is 0. The molecule has 1 N–H and O–H groups in total. The zero-order valence-corrected chi connectivity index (χ0v) is 24.5. The van der Waals surface area contributed by atoms with Crippen molar-refractivity contribution < 1.29 is 9.53 Å². The number of nitrogens with zero attached hydrogens (tertiary/aromatic N) is 2. The van der Waals surface area contributed by atoms with E-state index in [-0.39, 0.29) is 5.91 Å². The summed E-state index contributed by atoms with van der Waals surface area (Å²) in [6, 6.07) is 32.7. The van der Waals surface area contributed by atoms with Crippen molar-refractivity contribution in [2.45, 2.75) is 13.5 Å². The van der Waals surface area contributed by atoms with Crippen LogP contribution in [-0.2, 0) is 6.61 Å². The van der Waals surface area contributed by atoms with Crippen molar-refractivity contribution in [1.29, 1.82) is 0 Å². The number of rotatable bonds is 8. The Labute approximate surface area is 251 Å². The topological polar surface area (TPSA) is 55.6 Å². The molecule has 200 valence electrons. The number of aromatic nitrogens is 1. The second-order valence-corrected chi connectivity index (χ2v) is 10.7. The first-order chi connectivity index (χ1) is 19.4. The number of nitrogens with one attached hydrogen (secondary N) is 1. The molecular formula is C32H24BrCl2N3O2. The molecular weight excluding hydrogens is 609 g/mol. The molecule has 5 aromatic rings. The van der Waals surface area contributed by atoms with Crippen LogP contribution in [0.25, 0.3) is 16.9 Å². The average molecular weight is 633 g/mol. The number of carbonyl (C=O) groups is 1. The molecule has 0 aliphatic rings. The summed E-state index contributed by atoms with van der Waals surface area (Å²) in [5.41, 5.74) is 9.04. The minimum atomic E-state index is -0.297. The monoisotopic (exact) mass is 631 g/mol. The van der Waals surface area contributed by atoms with Crippen molar-refractivity contribution in [2.75, 3.05) is 0 Å². The van der Waals surface area contributed by atoms with Gasteiger partial charge in [-0.05, 0) is 101 Å². The summed E-state index contributed by atoms with van der Waals surface area (Å²) in [5, 5.41) is 5.25. The number of hydrazone groups is 1. The maximum Gasteiger partial charge on any atom is 0.271 e. The highest BCUT2D eigenvalue weighted by Crippen LogP contribution is 2.29. The van der Waals surface area contributed by atoms with Crippen molar-refractivity contribution in [2.24, 2.45) is 5.10 Å². The molecule has 0 unspecified atom stereocenters. The lowest BCUT2D eigenvalue weighted by Gasteiger charge is -2.12. The third-order valence-electron chi connectivity index (χ3n) is 6.27. The highest BCUT2D eigenvalue weighted by atomic mass is 79.9. The van der Waals surface area contributed by atoms with Crippen molar-refractivity contribution >= 4 is 51.3 Å². The molecule has 1 heterocycles. The SMILES string of the molecule is Cc1ccc(-c2ccccc2)n1-c1ccc(C(=O)N/N=C/c2ccc(OCc3ccc(Cl)cc3Cl)c(Br)c2)cc1. The summed E-state index contributed by atoms with van der Waals surface area (Å²) in [4.78, 5) is 12.7. The number of carbonyl (C=O) groups excluding carboxylic acids is 1. The van der Waals surface area contributed by atoms with Gasteiger partial charge in [-0.3, -0.25) is 4.79 Å². The fourth-order valence-corrected chi connectivity index (χ4v) is 5.19. The van der Waals surface area contributed by atoms with E-state index in [0.29, 0.717) is 28.0 Å². The van der Waals surface area contributed by atoms with E-state index in [1.165, 1.54) is 0 Å². The van der Waals surface area contributed by atoms with Crippen LogP contribution in [0.15, 0.2) is 113 Å². The number of ether oxygens (including phenoxy) is 1. The van der Waals surface area contributed by atoms with Gasteiger partial charge in [-0.25, -0.2) is 5.43 Å². The third kappa shape index (κ3) is 6.48. The Morgan fingerprint density at radius 2 is 1.73 bits per heavy atom. The predicted molar refractivity (Wildman–Crippen MR) is 166 cm³/mol. The number of hydrogen-bond donors (Lipinski definition) is 1. The molecule has 5 rings (SSSR count). The minimum absolute atomic E-state index is 0.297. The van der Waals surface area contributed by atoms with Gasteiger partial charge in [0.05, 0.1) is 16.4 Å². The normalized spacial score (nSPS) is 11.1. The van der Waals surface area contributed by atoms with Crippen LogP contribution in [0.3, 0.4) is 0 Å². The molecule has 4 aromatic carbocycles. The van der Waals surface area contributed by atoms with Gasteiger partial charge in [0.25, 0.3) is 5.91 Å². The third-order valence-corrected chi connectivity index (χ3v) is 7.47. The Morgan fingerprint density at radius 3 is 2.45 bits per heavy atom. The Balaban J connectivity index is 1.21. The van der Waals surface area contributed by atoms with Crippen molar-refractivity contribution in [3.05, 3.63) is 140 Å². The van der Waals surface area contributed by atoms with Crippen LogP contribution >= 0.6 is 39.1 Å². The van der Waals surface area contributed by atoms with Crippen molar-refractivity contribution in [3.8, 4) is 22.7 Å². The summed E-state index contributed by atoms with van der Waals surface area (Å²) < 4.78 is 8.80. The average Bonchev–Trinajstić information content (AvgIpc) is 3.35. The largest absolute Gasteiger partial charge is 0.488 e. The van der Waals surface area contributed by atoms with Crippen LogP contribution in [0.1, 0.15) is 27.2 Å². The predicted octanol–water partition coefficient (Wildman–Crippen LogP) is 8.86. The second-order valence-electron chi connectivity index (χ2n) is 9.02. The second kappa shape index (κ2) is 12.6. The lowest BCUT2D eigenvalue weighted by Crippen LogP contribution is -2.17. The molecule has 0 aliphatic heterocycles. The smallest absolute Gasteiger partial charge is 0.271 e. The van der Waals surface area contributed by atoms with E-state index in [2.05, 4.69) is 62.2 Å². The van der Waals surface area contributed by atoms with E-state index in [4.69, 9.17) is 27.9 Å². The van der Waals surface area contributed by atoms with E-state index in [9.17, 15) is 4.79 Å². The first-order valence-electron chi connectivity index (χ1n) is 12.4. The zero-order chi connectivity index (χ0) is 28.1. The minimum Gasteiger partial charge on any atom is -0.488 e. The number of aryl methyl sites for hydroxylation is 1. The molecule has 0 saturated heterocycles. The molecule has 1 aromatic heterocycles. The van der Waals surface area contributed by atoms with Gasteiger partial charge < -0.3 is 9.30 Å². The molecule has 0 atom stereocenters. The quantitative estimate of drug-likeness (QED) is 0.137. The fraction of sp³-hybridized carbons (Fsp3) is 0.0625. The van der Waals surface area contributed by atoms with Gasteiger partial charge in [-0.15, -0.1) is 0 Å². The van der Waals surface area contributed by atoms with Crippen LogP contribution in [0, 0.1) is 6.92 Å². The highest BCUT2D eigenvalue weighted by molar-refractivity contribution is 9.10. The van der Waals surface area contributed by atoms with Gasteiger partial charge in [0.1, 0.15) is 12.4 Å². The molecule has 0 aliphatic carbocycles. The first kappa shape index (κ1) is 27.7. The van der Waals surface area contributed by atoms with E-state index in [1.54, 1.807) is 30.5 Å². The summed E-state index contributed by atoms with van der Waals surface area (Å²) in [5.74, 6) is 0.356. The zero-order valence-electron chi connectivity index (χ0n) is 21.4. The molecule has 8 heteroatoms. The van der Waals surface area contributed by atoms with Gasteiger partial charge in [-0.1, -0.05) is 59.6 Å². The molecule has 1 amide bonds. The Hall–Kier alpha value is -3.84. The summed E-state index contributed by atoms with van der Waals surface area (Å²) in [6.07, 6.45) is 1.58. The van der Waals surface area contributed by atoms with Gasteiger partial charge in [-0.2, -0.15) is 5.10 Å². The lowest BCUT2D eigenvalue weighted by atomic mass is 10.1. The molecule has 0 spiro atoms. The van der Waals surface area contributed by atoms with Crippen molar-refractivity contribution in [1.82, 2.24) is 9.99 Å². The van der Waals surface area contributed by atoms with Crippen LogP contribution in [0.4, 0.5) is 0 Å². The molecule has 0 saturated carbocycles. The van der Waals surface area contributed by atoms with Crippen LogP contribution in [-0.4, -0.2) is 16.7 Å². The number of hydrogen-bond acceptors (Lipinski definition) is 3. The maximum absolute atomic E-state index is 12.7. The number of amides is 1. The van der Waals surface area contributed by atoms with Crippen LogP contribution in [0.2, 0.25) is 10.0 Å². The summed E-state index contributed by atoms with van der Waals surface area (Å²) in [6.45, 7) is 2.36. The van der Waals surface area contributed by atoms with Gasteiger partial charge >= 0.3 is 0 Å². The van der Waals surface area contributed by atoms with Gasteiger partial charge in [0.2, 0.25) is 0 Å². The summed E-state index contributed by atoms with van der Waals surface area (Å²) >= 11 is 15.7. The van der Waals surface area contributed by atoms with E-state index in [0.717, 1.165) is 38.2 Å². The molecule has 0 bridgehead atoms. The Morgan fingerprint density at radius 1 is 0.950 bits per heavy atom. The molecule has 0 radical (unpaired) electrons. The Kier molecular flexibility index (Phi) is 8.70. The van der Waals surface area contributed by atoms with E-state index < -0.39 is 0 Å². The molecule has 5 nitrogen and oxygen atoms in total. The number of benzene rings is 4. The lowest BCUT2D eigenvalue weighted by molar-refractivity contribution is 0.0955. The van der Waals surface area contributed by atoms with Gasteiger partial charge in [0.15, 0.2) is 0 Å². The fourth-order valence-electron chi connectivity index (χ4n) is 4.22. The standard InChI is InChI=1S/C32H24BrCl2N3O2/c1-21-7-15-30(23-5-3-2-4-6-23)38(21)27-13-10-24(11-14-27)32(39)37-36-19-22-8-16-31(28(33)17-22)40-20-25-9-12-26(34)18-29(25)35/h2-19H,20H2,1H3,(H,37,39)/b36-19+. The molecule has 40 heavy (non-hydrogen) atoms. The van der Waals surface area contributed by atoms with Crippen LogP contribution < -0.4 is 10.2 Å². The van der Waals surface area contributed by atoms with Crippen molar-refractivity contribution in [3.63, 3.8) is 0 Å². The first-order valence-corrected chi connectivity index (χ1v) is 14.0. The highest BCUT2D eigenvalue weighted by Gasteiger charge is 2.11. The van der Waals surface area contributed by atoms with E-state index >= 15 is 0 Å². The maximum atomic E-state index is 12.7. The van der Waals surface area contributed by atoms with E-state index in [1.807, 2.05) is 54.6 Å². The molecule has 0 fully saturated rings. The Bertz CT molecular complexity index is 1680. The van der Waals surface area contributed by atoms with Crippen LogP contribution in [0.5, 0.6) is 5.75 Å². The number of halogens is 3.